The van der Waals surface area contributed by atoms with Gasteiger partial charge in [0.25, 0.3) is 0 Å². The van der Waals surface area contributed by atoms with E-state index in [1.807, 2.05) is 39.0 Å². The number of allylic oxidation sites excluding steroid dienone is 1. The van der Waals surface area contributed by atoms with Gasteiger partial charge < -0.3 is 15.2 Å². The molecule has 0 aliphatic heterocycles. The van der Waals surface area contributed by atoms with Crippen molar-refractivity contribution in [3.8, 4) is 5.75 Å². The lowest BCUT2D eigenvalue weighted by molar-refractivity contribution is -0.156. The first-order valence-electron chi connectivity index (χ1n) is 9.13. The number of carbonyl (C=O) groups is 2. The van der Waals surface area contributed by atoms with Gasteiger partial charge in [0, 0.05) is 24.0 Å². The van der Waals surface area contributed by atoms with Crippen LogP contribution in [0.15, 0.2) is 24.8 Å². The molecule has 0 radical (unpaired) electrons. The number of hydrogen-bond acceptors (Lipinski definition) is 5. The summed E-state index contributed by atoms with van der Waals surface area (Å²) < 4.78 is 11.2. The van der Waals surface area contributed by atoms with Gasteiger partial charge >= 0.3 is 5.97 Å². The highest BCUT2D eigenvalue weighted by Crippen LogP contribution is 2.32. The third-order valence-electron chi connectivity index (χ3n) is 4.26. The molecule has 0 bridgehead atoms. The summed E-state index contributed by atoms with van der Waals surface area (Å²) in [6.07, 6.45) is 5.16. The Balaban J connectivity index is 2.04. The van der Waals surface area contributed by atoms with Crippen LogP contribution in [-0.2, 0) is 22.4 Å². The zero-order chi connectivity index (χ0) is 19.3. The number of esters is 1. The highest BCUT2D eigenvalue weighted by atomic mass is 16.6. The predicted octanol–water partition coefficient (Wildman–Crippen LogP) is 3.37. The minimum Gasteiger partial charge on any atom is -0.493 e. The molecule has 1 aromatic rings. The second-order valence-corrected chi connectivity index (χ2v) is 7.61. The van der Waals surface area contributed by atoms with Gasteiger partial charge in [-0.15, -0.1) is 6.58 Å². The van der Waals surface area contributed by atoms with Gasteiger partial charge in [-0.1, -0.05) is 6.08 Å². The molecule has 0 heterocycles. The minimum atomic E-state index is -0.726. The van der Waals surface area contributed by atoms with E-state index in [9.17, 15) is 9.59 Å². The Morgan fingerprint density at radius 2 is 2.08 bits per heavy atom. The van der Waals surface area contributed by atoms with Gasteiger partial charge in [0.05, 0.1) is 6.61 Å². The molecule has 0 saturated carbocycles. The Morgan fingerprint density at radius 1 is 1.35 bits per heavy atom. The maximum Gasteiger partial charge on any atom is 0.323 e. The van der Waals surface area contributed by atoms with Crippen molar-refractivity contribution < 1.29 is 19.1 Å². The van der Waals surface area contributed by atoms with Gasteiger partial charge in [-0.25, -0.2) is 0 Å². The van der Waals surface area contributed by atoms with Crippen molar-refractivity contribution >= 4 is 11.8 Å². The highest BCUT2D eigenvalue weighted by Gasteiger charge is 2.24. The van der Waals surface area contributed by atoms with E-state index in [0.717, 1.165) is 35.3 Å². The Morgan fingerprint density at radius 3 is 2.73 bits per heavy atom. The first-order valence-corrected chi connectivity index (χ1v) is 9.13. The van der Waals surface area contributed by atoms with Gasteiger partial charge in [0.1, 0.15) is 17.4 Å². The number of rotatable bonds is 7. The molecule has 5 nitrogen and oxygen atoms in total. The van der Waals surface area contributed by atoms with Crippen LogP contribution < -0.4 is 10.5 Å². The van der Waals surface area contributed by atoms with Crippen molar-refractivity contribution in [2.45, 2.75) is 64.5 Å². The molecule has 1 unspecified atom stereocenters. The summed E-state index contributed by atoms with van der Waals surface area (Å²) in [6, 6.07) is 2.95. The lowest BCUT2D eigenvalue weighted by atomic mass is 9.86. The number of ketones is 1. The Hall–Kier alpha value is -2.14. The van der Waals surface area contributed by atoms with Crippen LogP contribution in [0.25, 0.3) is 0 Å². The number of benzene rings is 1. The van der Waals surface area contributed by atoms with Crippen LogP contribution in [0.3, 0.4) is 0 Å². The van der Waals surface area contributed by atoms with E-state index in [-0.39, 0.29) is 5.78 Å². The zero-order valence-corrected chi connectivity index (χ0v) is 16.0. The summed E-state index contributed by atoms with van der Waals surface area (Å²) in [5.74, 6) is 0.494. The first kappa shape index (κ1) is 20.2. The number of fused-ring (bicyclic) bond motifs is 1. The van der Waals surface area contributed by atoms with E-state index in [1.165, 1.54) is 0 Å². The summed E-state index contributed by atoms with van der Waals surface area (Å²) in [7, 11) is 0. The largest absolute Gasteiger partial charge is 0.493 e. The van der Waals surface area contributed by atoms with E-state index in [0.29, 0.717) is 25.9 Å². The van der Waals surface area contributed by atoms with Crippen molar-refractivity contribution in [1.82, 2.24) is 0 Å². The smallest absolute Gasteiger partial charge is 0.323 e. The summed E-state index contributed by atoms with van der Waals surface area (Å²) in [5.41, 5.74) is 8.21. The summed E-state index contributed by atoms with van der Waals surface area (Å²) >= 11 is 0. The molecule has 26 heavy (non-hydrogen) atoms. The SMILES string of the molecule is C=CCc1c(OCCC(N)C(=O)OC(C)(C)C)ccc2c1CCCC2=O. The van der Waals surface area contributed by atoms with E-state index in [2.05, 4.69) is 6.58 Å². The molecule has 0 spiro atoms. The Labute approximate surface area is 155 Å². The second-order valence-electron chi connectivity index (χ2n) is 7.61. The lowest BCUT2D eigenvalue weighted by Crippen LogP contribution is -2.38. The molecule has 0 fully saturated rings. The molecule has 1 aromatic carbocycles. The van der Waals surface area contributed by atoms with Gasteiger partial charge in [-0.2, -0.15) is 0 Å². The number of nitrogens with two attached hydrogens (primary N) is 1. The summed E-state index contributed by atoms with van der Waals surface area (Å²) in [5, 5.41) is 0. The van der Waals surface area contributed by atoms with Crippen LogP contribution in [0.4, 0.5) is 0 Å². The maximum absolute atomic E-state index is 12.1. The second kappa shape index (κ2) is 8.49. The van der Waals surface area contributed by atoms with Crippen molar-refractivity contribution in [2.24, 2.45) is 5.73 Å². The van der Waals surface area contributed by atoms with Crippen LogP contribution in [0.2, 0.25) is 0 Å². The maximum atomic E-state index is 12.1. The molecular weight excluding hydrogens is 330 g/mol. The van der Waals surface area contributed by atoms with Gasteiger partial charge in [0.15, 0.2) is 5.78 Å². The molecule has 1 atom stereocenters. The minimum absolute atomic E-state index is 0.190. The van der Waals surface area contributed by atoms with Gasteiger partial charge in [-0.05, 0) is 57.7 Å². The quantitative estimate of drug-likeness (QED) is 0.596. The third-order valence-corrected chi connectivity index (χ3v) is 4.26. The summed E-state index contributed by atoms with van der Waals surface area (Å²) in [6.45, 7) is 9.54. The van der Waals surface area contributed by atoms with Crippen molar-refractivity contribution in [1.29, 1.82) is 0 Å². The van der Waals surface area contributed by atoms with Crippen molar-refractivity contribution in [3.05, 3.63) is 41.5 Å². The summed E-state index contributed by atoms with van der Waals surface area (Å²) in [4.78, 5) is 24.1. The molecule has 2 rings (SSSR count). The zero-order valence-electron chi connectivity index (χ0n) is 16.0. The molecule has 5 heteroatoms. The molecule has 2 N–H and O–H groups in total. The van der Waals surface area contributed by atoms with E-state index < -0.39 is 17.6 Å². The van der Waals surface area contributed by atoms with E-state index in [4.69, 9.17) is 15.2 Å². The molecule has 0 saturated heterocycles. The first-order chi connectivity index (χ1) is 12.2. The standard InChI is InChI=1S/C21H29NO4/c1-5-7-16-14-8-6-9-18(23)15(14)10-11-19(16)25-13-12-17(22)20(24)26-21(2,3)4/h5,10-11,17H,1,6-9,12-13,22H2,2-4H3. The van der Waals surface area contributed by atoms with Gasteiger partial charge in [-0.3, -0.25) is 9.59 Å². The van der Waals surface area contributed by atoms with Crippen molar-refractivity contribution in [2.75, 3.05) is 6.61 Å². The topological polar surface area (TPSA) is 78.6 Å². The predicted molar refractivity (Wildman–Crippen MR) is 102 cm³/mol. The number of carbonyl (C=O) groups excluding carboxylic acids is 2. The Kier molecular flexibility index (Phi) is 6.59. The fraction of sp³-hybridized carbons (Fsp3) is 0.524. The molecule has 1 aliphatic rings. The average molecular weight is 359 g/mol. The van der Waals surface area contributed by atoms with Crippen LogP contribution in [0.5, 0.6) is 5.75 Å². The fourth-order valence-electron chi connectivity index (χ4n) is 3.07. The fourth-order valence-corrected chi connectivity index (χ4v) is 3.07. The molecule has 142 valence electrons. The van der Waals surface area contributed by atoms with Crippen molar-refractivity contribution in [3.63, 3.8) is 0 Å². The van der Waals surface area contributed by atoms with Crippen LogP contribution in [-0.4, -0.2) is 30.0 Å². The van der Waals surface area contributed by atoms with Crippen LogP contribution in [0, 0.1) is 0 Å². The van der Waals surface area contributed by atoms with Crippen LogP contribution >= 0.6 is 0 Å². The number of hydrogen-bond donors (Lipinski definition) is 1. The van der Waals surface area contributed by atoms with Gasteiger partial charge in [0.2, 0.25) is 0 Å². The normalized spacial score (nSPS) is 15.2. The third kappa shape index (κ3) is 5.18. The van der Waals surface area contributed by atoms with Crippen LogP contribution in [0.1, 0.15) is 61.5 Å². The number of Topliss-reactive ketones (excluding diaryl/α,β-unsaturated/α-hetero) is 1. The van der Waals surface area contributed by atoms with E-state index >= 15 is 0 Å². The number of ether oxygens (including phenoxy) is 2. The van der Waals surface area contributed by atoms with E-state index in [1.54, 1.807) is 0 Å². The molecule has 0 amide bonds. The lowest BCUT2D eigenvalue weighted by Gasteiger charge is -2.23. The molecule has 1 aliphatic carbocycles. The Bertz CT molecular complexity index is 688. The highest BCUT2D eigenvalue weighted by molar-refractivity contribution is 5.99. The average Bonchev–Trinajstić information content (AvgIpc) is 2.55. The monoisotopic (exact) mass is 359 g/mol. The molecular formula is C21H29NO4. The molecule has 0 aromatic heterocycles.